The zero-order valence-electron chi connectivity index (χ0n) is 11.0. The van der Waals surface area contributed by atoms with Gasteiger partial charge in [0.1, 0.15) is 6.61 Å². The highest BCUT2D eigenvalue weighted by atomic mass is 16.3. The lowest BCUT2D eigenvalue weighted by molar-refractivity contribution is 0.0903. The van der Waals surface area contributed by atoms with Gasteiger partial charge in [-0.3, -0.25) is 9.59 Å². The molecule has 3 N–H and O–H groups in total. The van der Waals surface area contributed by atoms with Crippen molar-refractivity contribution in [1.82, 2.24) is 0 Å². The van der Waals surface area contributed by atoms with E-state index in [2.05, 4.69) is 0 Å². The zero-order valence-corrected chi connectivity index (χ0v) is 11.0. The number of nitrogens with two attached hydrogens (primary N) is 1. The molecular weight excluding hydrogens is 254 g/mol. The Morgan fingerprint density at radius 2 is 1.20 bits per heavy atom. The summed E-state index contributed by atoms with van der Waals surface area (Å²) in [6.45, 7) is -0.325. The topological polar surface area (TPSA) is 80.4 Å². The second-order valence-electron chi connectivity index (χ2n) is 3.94. The van der Waals surface area contributed by atoms with E-state index in [9.17, 15) is 9.59 Å². The Morgan fingerprint density at radius 1 is 0.800 bits per heavy atom. The first kappa shape index (κ1) is 15.8. The predicted molar refractivity (Wildman–Crippen MR) is 77.7 cm³/mol. The van der Waals surface area contributed by atoms with Crippen LogP contribution in [-0.2, 0) is 0 Å². The van der Waals surface area contributed by atoms with E-state index in [1.54, 1.807) is 36.4 Å². The third kappa shape index (κ3) is 5.14. The van der Waals surface area contributed by atoms with E-state index in [-0.39, 0.29) is 18.1 Å². The van der Waals surface area contributed by atoms with Crippen molar-refractivity contribution >= 4 is 11.6 Å². The predicted octanol–water partition coefficient (Wildman–Crippen LogP) is 1.69. The lowest BCUT2D eigenvalue weighted by Crippen LogP contribution is -2.12. The van der Waals surface area contributed by atoms with Crippen LogP contribution in [0.25, 0.3) is 0 Å². The van der Waals surface area contributed by atoms with Crippen molar-refractivity contribution in [2.45, 2.75) is 0 Å². The molecule has 0 saturated heterocycles. The van der Waals surface area contributed by atoms with Crippen molar-refractivity contribution in [2.24, 2.45) is 5.73 Å². The quantitative estimate of drug-likeness (QED) is 0.829. The molecule has 0 fully saturated rings. The summed E-state index contributed by atoms with van der Waals surface area (Å²) in [5.74, 6) is -0.249. The number of rotatable bonds is 4. The molecule has 104 valence electrons. The average molecular weight is 271 g/mol. The number of hydrogen-bond acceptors (Lipinski definition) is 4. The van der Waals surface area contributed by atoms with Crippen LogP contribution in [0, 0.1) is 0 Å². The van der Waals surface area contributed by atoms with Crippen LogP contribution >= 0.6 is 0 Å². The molecule has 0 aliphatic rings. The van der Waals surface area contributed by atoms with Gasteiger partial charge in [-0.05, 0) is 0 Å². The SMILES string of the molecule is NCC(=O)c1ccccc1.O=C(CO)c1ccccc1. The van der Waals surface area contributed by atoms with E-state index in [4.69, 9.17) is 10.8 Å². The molecule has 0 radical (unpaired) electrons. The van der Waals surface area contributed by atoms with Gasteiger partial charge >= 0.3 is 0 Å². The normalized spacial score (nSPS) is 9.30. The summed E-state index contributed by atoms with van der Waals surface area (Å²) in [6.07, 6.45) is 0. The van der Waals surface area contributed by atoms with Gasteiger partial charge in [-0.2, -0.15) is 0 Å². The Morgan fingerprint density at radius 3 is 1.55 bits per heavy atom. The molecule has 0 unspecified atom stereocenters. The molecule has 2 aromatic carbocycles. The van der Waals surface area contributed by atoms with Crippen LogP contribution in [0.2, 0.25) is 0 Å². The van der Waals surface area contributed by atoms with Gasteiger partial charge in [0.15, 0.2) is 11.6 Å². The summed E-state index contributed by atoms with van der Waals surface area (Å²) >= 11 is 0. The minimum Gasteiger partial charge on any atom is -0.388 e. The Balaban J connectivity index is 0.000000200. The summed E-state index contributed by atoms with van der Waals surface area (Å²) in [6, 6.07) is 17.8. The molecule has 0 aliphatic heterocycles. The fourth-order valence-electron chi connectivity index (χ4n) is 1.46. The Hall–Kier alpha value is -2.30. The minimum absolute atomic E-state index is 0.0133. The van der Waals surface area contributed by atoms with Crippen LogP contribution in [0.15, 0.2) is 60.7 Å². The highest BCUT2D eigenvalue weighted by Crippen LogP contribution is 1.98. The number of Topliss-reactive ketones (excluding diaryl/α,β-unsaturated/α-hetero) is 2. The molecule has 0 aromatic heterocycles. The molecule has 2 rings (SSSR count). The van der Waals surface area contributed by atoms with Crippen LogP contribution in [0.4, 0.5) is 0 Å². The maximum atomic E-state index is 10.9. The van der Waals surface area contributed by atoms with E-state index in [0.717, 1.165) is 0 Å². The van der Waals surface area contributed by atoms with E-state index in [1.165, 1.54) is 0 Å². The molecule has 0 spiro atoms. The summed E-state index contributed by atoms with van der Waals surface area (Å²) in [4.78, 5) is 21.7. The molecule has 2 aromatic rings. The molecule has 4 nitrogen and oxygen atoms in total. The maximum absolute atomic E-state index is 10.9. The van der Waals surface area contributed by atoms with E-state index in [1.807, 2.05) is 24.3 Å². The summed E-state index contributed by atoms with van der Waals surface area (Å²) < 4.78 is 0. The maximum Gasteiger partial charge on any atom is 0.188 e. The van der Waals surface area contributed by atoms with Gasteiger partial charge in [-0.25, -0.2) is 0 Å². The molecule has 0 atom stereocenters. The highest BCUT2D eigenvalue weighted by Gasteiger charge is 2.00. The van der Waals surface area contributed by atoms with Gasteiger partial charge in [0.2, 0.25) is 0 Å². The van der Waals surface area contributed by atoms with Crippen LogP contribution in [-0.4, -0.2) is 29.8 Å². The summed E-state index contributed by atoms with van der Waals surface area (Å²) in [5, 5.41) is 8.44. The largest absolute Gasteiger partial charge is 0.388 e. The van der Waals surface area contributed by atoms with Gasteiger partial charge in [-0.15, -0.1) is 0 Å². The minimum atomic E-state index is -0.413. The van der Waals surface area contributed by atoms with Crippen molar-refractivity contribution in [3.8, 4) is 0 Å². The van der Waals surface area contributed by atoms with Gasteiger partial charge in [0, 0.05) is 11.1 Å². The molecule has 0 amide bonds. The van der Waals surface area contributed by atoms with Crippen molar-refractivity contribution in [2.75, 3.05) is 13.2 Å². The van der Waals surface area contributed by atoms with Crippen LogP contribution in [0.3, 0.4) is 0 Å². The summed E-state index contributed by atoms with van der Waals surface area (Å²) in [5.41, 5.74) is 6.40. The van der Waals surface area contributed by atoms with Gasteiger partial charge < -0.3 is 10.8 Å². The van der Waals surface area contributed by atoms with Gasteiger partial charge in [0.25, 0.3) is 0 Å². The second kappa shape index (κ2) is 8.74. The number of hydrogen-bond donors (Lipinski definition) is 2. The fourth-order valence-corrected chi connectivity index (χ4v) is 1.46. The molecule has 20 heavy (non-hydrogen) atoms. The average Bonchev–Trinajstić information content (AvgIpc) is 2.55. The molecule has 0 aliphatic carbocycles. The van der Waals surface area contributed by atoms with E-state index in [0.29, 0.717) is 11.1 Å². The van der Waals surface area contributed by atoms with Crippen LogP contribution < -0.4 is 5.73 Å². The third-order valence-electron chi connectivity index (χ3n) is 2.52. The lowest BCUT2D eigenvalue weighted by Gasteiger charge is -1.93. The highest BCUT2D eigenvalue weighted by molar-refractivity contribution is 5.97. The molecular formula is C16H17NO3. The number of carbonyl (C=O) groups is 2. The first-order valence-electron chi connectivity index (χ1n) is 6.16. The molecule has 4 heteroatoms. The second-order valence-corrected chi connectivity index (χ2v) is 3.94. The molecule has 0 heterocycles. The van der Waals surface area contributed by atoms with E-state index < -0.39 is 6.61 Å². The molecule has 0 bridgehead atoms. The number of benzene rings is 2. The van der Waals surface area contributed by atoms with Crippen molar-refractivity contribution in [3.63, 3.8) is 0 Å². The van der Waals surface area contributed by atoms with Crippen LogP contribution in [0.1, 0.15) is 20.7 Å². The van der Waals surface area contributed by atoms with Crippen molar-refractivity contribution < 1.29 is 14.7 Å². The van der Waals surface area contributed by atoms with Crippen molar-refractivity contribution in [3.05, 3.63) is 71.8 Å². The van der Waals surface area contributed by atoms with Gasteiger partial charge in [-0.1, -0.05) is 60.7 Å². The number of aliphatic hydroxyl groups is 1. The first-order chi connectivity index (χ1) is 9.69. The van der Waals surface area contributed by atoms with Crippen molar-refractivity contribution in [1.29, 1.82) is 0 Å². The fraction of sp³-hybridized carbons (Fsp3) is 0.125. The first-order valence-corrected chi connectivity index (χ1v) is 6.16. The lowest BCUT2D eigenvalue weighted by atomic mass is 10.1. The summed E-state index contributed by atoms with van der Waals surface area (Å²) in [7, 11) is 0. The zero-order chi connectivity index (χ0) is 14.8. The number of ketones is 2. The Bertz CT molecular complexity index is 487. The Kier molecular flexibility index (Phi) is 6.89. The third-order valence-corrected chi connectivity index (χ3v) is 2.52. The van der Waals surface area contributed by atoms with Gasteiger partial charge in [0.05, 0.1) is 6.54 Å². The number of carbonyl (C=O) groups excluding carboxylic acids is 2. The Labute approximate surface area is 117 Å². The molecule has 0 saturated carbocycles. The van der Waals surface area contributed by atoms with E-state index >= 15 is 0 Å². The van der Waals surface area contributed by atoms with Crippen LogP contribution in [0.5, 0.6) is 0 Å². The standard InChI is InChI=1S/C8H9NO.C8H8O2/c2*9-6-8(10)7-4-2-1-3-5-7/h1-5H,6,9H2;1-5,9H,6H2. The number of aliphatic hydroxyl groups excluding tert-OH is 1. The smallest absolute Gasteiger partial charge is 0.188 e. The monoisotopic (exact) mass is 271 g/mol.